The van der Waals surface area contributed by atoms with Crippen molar-refractivity contribution in [2.45, 2.75) is 68.4 Å². The minimum absolute atomic E-state index is 0.0997. The van der Waals surface area contributed by atoms with Crippen molar-refractivity contribution in [3.8, 4) is 5.75 Å². The smallest absolute Gasteiger partial charge is 0.165 e. The van der Waals surface area contributed by atoms with Crippen LogP contribution in [0.2, 0.25) is 0 Å². The van der Waals surface area contributed by atoms with Crippen molar-refractivity contribution in [1.82, 2.24) is 20.1 Å². The second kappa shape index (κ2) is 11.1. The highest BCUT2D eigenvalue weighted by Crippen LogP contribution is 2.53. The van der Waals surface area contributed by atoms with Crippen LogP contribution in [-0.4, -0.2) is 32.0 Å². The van der Waals surface area contributed by atoms with E-state index in [9.17, 15) is 5.11 Å². The summed E-state index contributed by atoms with van der Waals surface area (Å²) in [5.74, 6) is 6.59. The van der Waals surface area contributed by atoms with Crippen molar-refractivity contribution in [2.75, 3.05) is 23.4 Å². The summed E-state index contributed by atoms with van der Waals surface area (Å²) in [4.78, 5) is 4.26. The third kappa shape index (κ3) is 5.47. The lowest BCUT2D eigenvalue weighted by atomic mass is 9.55. The number of nitrogens with zero attached hydrogens (tertiary/aromatic N) is 3. The molecular formula is C32H40N8O. The maximum Gasteiger partial charge on any atom is 0.165 e. The van der Waals surface area contributed by atoms with Gasteiger partial charge in [-0.3, -0.25) is 4.68 Å². The number of hydrogen-bond donors (Lipinski definition) is 6. The number of hydrogen-bond acceptors (Lipinski definition) is 8. The summed E-state index contributed by atoms with van der Waals surface area (Å²) in [5, 5.41) is 18.8. The maximum atomic E-state index is 9.88. The van der Waals surface area contributed by atoms with Gasteiger partial charge in [-0.1, -0.05) is 42.5 Å². The van der Waals surface area contributed by atoms with Gasteiger partial charge in [0.15, 0.2) is 5.82 Å². The van der Waals surface area contributed by atoms with Crippen molar-refractivity contribution in [3.05, 3.63) is 95.3 Å². The number of aromatic hydroxyl groups is 1. The van der Waals surface area contributed by atoms with Crippen LogP contribution >= 0.6 is 0 Å². The number of nitrogen functional groups attached to an aromatic ring is 3. The summed E-state index contributed by atoms with van der Waals surface area (Å²) in [5.41, 5.74) is 20.6. The van der Waals surface area contributed by atoms with E-state index in [2.05, 4.69) is 46.1 Å². The van der Waals surface area contributed by atoms with Gasteiger partial charge in [-0.05, 0) is 97.9 Å². The number of phenolic OH excluding ortho intramolecular Hbond substituents is 1. The molecule has 9 nitrogen and oxygen atoms in total. The lowest BCUT2D eigenvalue weighted by molar-refractivity contribution is 0.0770. The Kier molecular flexibility index (Phi) is 7.32. The molecule has 3 aliphatic rings. The van der Waals surface area contributed by atoms with E-state index < -0.39 is 0 Å². The third-order valence-electron chi connectivity index (χ3n) is 9.46. The number of aromatic nitrogens is 3. The van der Waals surface area contributed by atoms with Crippen LogP contribution < -0.4 is 28.1 Å². The number of phenols is 1. The molecule has 0 aliphatic heterocycles. The minimum Gasteiger partial charge on any atom is -0.508 e. The first-order chi connectivity index (χ1) is 19.9. The van der Waals surface area contributed by atoms with Gasteiger partial charge in [0, 0.05) is 17.7 Å². The average Bonchev–Trinajstić information content (AvgIpc) is 3.46. The first kappa shape index (κ1) is 27.1. The highest BCUT2D eigenvalue weighted by Gasteiger charge is 2.48. The lowest BCUT2D eigenvalue weighted by Crippen LogP contribution is -2.56. The molecule has 3 fully saturated rings. The number of benzene rings is 2. The Labute approximate surface area is 241 Å². The van der Waals surface area contributed by atoms with Gasteiger partial charge in [0.1, 0.15) is 11.6 Å². The summed E-state index contributed by atoms with van der Waals surface area (Å²) < 4.78 is 1.89. The molecule has 1 atom stereocenters. The second-order valence-electron chi connectivity index (χ2n) is 11.8. The molecule has 1 unspecified atom stereocenters. The van der Waals surface area contributed by atoms with Crippen LogP contribution in [0.25, 0.3) is 0 Å². The Morgan fingerprint density at radius 2 is 1.68 bits per heavy atom. The zero-order valence-corrected chi connectivity index (χ0v) is 23.4. The van der Waals surface area contributed by atoms with Gasteiger partial charge in [-0.25, -0.2) is 10.8 Å². The first-order valence-electron chi connectivity index (χ1n) is 14.5. The molecule has 214 valence electrons. The normalized spacial score (nSPS) is 22.5. The Morgan fingerprint density at radius 3 is 2.39 bits per heavy atom. The average molecular weight is 553 g/mol. The van der Waals surface area contributed by atoms with E-state index in [1.54, 1.807) is 12.1 Å². The van der Waals surface area contributed by atoms with Crippen LogP contribution in [0.15, 0.2) is 72.9 Å². The topological polar surface area (TPSA) is 153 Å². The maximum absolute atomic E-state index is 9.88. The number of rotatable bonds is 10. The van der Waals surface area contributed by atoms with Gasteiger partial charge >= 0.3 is 0 Å². The molecule has 0 amide bonds. The van der Waals surface area contributed by atoms with Crippen LogP contribution in [-0.2, 0) is 12.0 Å². The fraction of sp³-hybridized carbons (Fsp3) is 0.375. The van der Waals surface area contributed by atoms with Gasteiger partial charge in [0.05, 0.1) is 17.9 Å². The van der Waals surface area contributed by atoms with Gasteiger partial charge in [-0.15, -0.1) is 0 Å². The highest BCUT2D eigenvalue weighted by atomic mass is 16.3. The fourth-order valence-electron chi connectivity index (χ4n) is 7.11. The Bertz CT molecular complexity index is 1480. The first-order valence-corrected chi connectivity index (χ1v) is 14.5. The molecule has 2 aromatic heterocycles. The molecule has 9 N–H and O–H groups in total. The van der Waals surface area contributed by atoms with Crippen molar-refractivity contribution >= 4 is 17.3 Å². The quantitative estimate of drug-likeness (QED) is 0.123. The molecule has 2 aromatic carbocycles. The molecule has 3 saturated carbocycles. The third-order valence-corrected chi connectivity index (χ3v) is 9.46. The number of anilines is 3. The van der Waals surface area contributed by atoms with E-state index in [-0.39, 0.29) is 17.2 Å². The van der Waals surface area contributed by atoms with Crippen molar-refractivity contribution < 1.29 is 5.11 Å². The number of pyridine rings is 1. The molecule has 2 bridgehead atoms. The van der Waals surface area contributed by atoms with E-state index in [1.807, 2.05) is 35.1 Å². The predicted octanol–water partition coefficient (Wildman–Crippen LogP) is 4.64. The van der Waals surface area contributed by atoms with Crippen molar-refractivity contribution in [1.29, 1.82) is 0 Å². The number of nitrogens with two attached hydrogens (primary N) is 3. The van der Waals surface area contributed by atoms with Crippen molar-refractivity contribution in [2.24, 2.45) is 5.84 Å². The zero-order chi connectivity index (χ0) is 28.5. The van der Waals surface area contributed by atoms with Gasteiger partial charge in [0.2, 0.25) is 0 Å². The van der Waals surface area contributed by atoms with Crippen LogP contribution in [0, 0.1) is 0 Å². The van der Waals surface area contributed by atoms with E-state index in [4.69, 9.17) is 22.4 Å². The monoisotopic (exact) mass is 552 g/mol. The summed E-state index contributed by atoms with van der Waals surface area (Å²) in [6.07, 6.45) is 10.0. The fourth-order valence-corrected chi connectivity index (χ4v) is 7.11. The van der Waals surface area contributed by atoms with E-state index in [0.717, 1.165) is 29.8 Å². The second-order valence-corrected chi connectivity index (χ2v) is 11.8. The number of fused-ring (bicyclic) bond motifs is 3. The summed E-state index contributed by atoms with van der Waals surface area (Å²) in [6, 6.07) is 22.2. The van der Waals surface area contributed by atoms with Crippen LogP contribution in [0.1, 0.15) is 73.2 Å². The van der Waals surface area contributed by atoms with E-state index >= 15 is 0 Å². The number of nitrogens with one attached hydrogen (secondary N) is 2. The van der Waals surface area contributed by atoms with Crippen LogP contribution in [0.4, 0.5) is 17.3 Å². The van der Waals surface area contributed by atoms with Gasteiger partial charge in [0.25, 0.3) is 0 Å². The summed E-state index contributed by atoms with van der Waals surface area (Å²) in [7, 11) is 0. The Balaban J connectivity index is 1.20. The molecule has 3 aliphatic carbocycles. The zero-order valence-electron chi connectivity index (χ0n) is 23.4. The Hall–Kier alpha value is -4.08. The molecule has 0 spiro atoms. The van der Waals surface area contributed by atoms with Crippen LogP contribution in [0.5, 0.6) is 5.75 Å². The van der Waals surface area contributed by atoms with Gasteiger partial charge in [-0.2, -0.15) is 5.10 Å². The molecular weight excluding hydrogens is 512 g/mol. The molecule has 0 saturated heterocycles. The minimum atomic E-state index is -0.0997. The SMILES string of the molecule is NNc1nc(N)cc(C(CCNC23CCC(c4ccccc4)(CC2)CC3)c2ccn(Cc3cccc(O)c3)n2)c1N. The molecule has 9 heteroatoms. The standard InChI is InChI=1S/C32H40N8O/c33-28-20-26(29(34)30(37-28)38-35)25(27-10-18-40(39-27)21-22-5-4-8-24(41)19-22)9-17-36-32-14-11-31(12-15-32,13-16-32)23-6-2-1-3-7-23/h1-8,10,18-20,25,36,41H,9,11-17,21,34-35H2,(H3,33,37,38). The van der Waals surface area contributed by atoms with E-state index in [1.165, 1.54) is 44.1 Å². The van der Waals surface area contributed by atoms with Crippen molar-refractivity contribution in [3.63, 3.8) is 0 Å². The molecule has 7 rings (SSSR count). The van der Waals surface area contributed by atoms with E-state index in [0.29, 0.717) is 29.3 Å². The molecule has 4 aromatic rings. The summed E-state index contributed by atoms with van der Waals surface area (Å²) in [6.45, 7) is 1.38. The largest absolute Gasteiger partial charge is 0.508 e. The van der Waals surface area contributed by atoms with Crippen LogP contribution in [0.3, 0.4) is 0 Å². The van der Waals surface area contributed by atoms with Gasteiger partial charge < -0.3 is 27.3 Å². The molecule has 41 heavy (non-hydrogen) atoms. The lowest BCUT2D eigenvalue weighted by Gasteiger charge is -2.54. The Morgan fingerprint density at radius 1 is 0.927 bits per heavy atom. The predicted molar refractivity (Wildman–Crippen MR) is 163 cm³/mol. The molecule has 2 heterocycles. The summed E-state index contributed by atoms with van der Waals surface area (Å²) >= 11 is 0. The molecule has 0 radical (unpaired) electrons. The highest BCUT2D eigenvalue weighted by molar-refractivity contribution is 5.69. The number of hydrazine groups is 1.